The van der Waals surface area contributed by atoms with Crippen LogP contribution in [0.3, 0.4) is 0 Å². The van der Waals surface area contributed by atoms with Gasteiger partial charge in [-0.3, -0.25) is 4.79 Å². The summed E-state index contributed by atoms with van der Waals surface area (Å²) < 4.78 is 12.4. The van der Waals surface area contributed by atoms with Gasteiger partial charge in [0.05, 0.1) is 0 Å². The highest BCUT2D eigenvalue weighted by Crippen LogP contribution is 2.34. The fraction of sp³-hybridized carbons (Fsp3) is 0.400. The Hall–Kier alpha value is -3.36. The van der Waals surface area contributed by atoms with E-state index in [0.717, 1.165) is 18.9 Å². The number of aryl methyl sites for hydroxylation is 1. The van der Waals surface area contributed by atoms with Crippen LogP contribution in [0.1, 0.15) is 31.5 Å². The molecule has 4 heterocycles. The van der Waals surface area contributed by atoms with Crippen molar-refractivity contribution in [2.45, 2.75) is 32.1 Å². The van der Waals surface area contributed by atoms with Crippen molar-refractivity contribution in [3.63, 3.8) is 0 Å². The average molecular weight is 394 g/mol. The van der Waals surface area contributed by atoms with E-state index in [4.69, 9.17) is 14.6 Å². The Kier molecular flexibility index (Phi) is 4.63. The summed E-state index contributed by atoms with van der Waals surface area (Å²) in [6.45, 7) is 2.25. The molecule has 0 bridgehead atoms. The highest BCUT2D eigenvalue weighted by atomic mass is 16.7. The molecule has 1 amide bonds. The Bertz CT molecular complexity index is 1040. The molecule has 5 rings (SSSR count). The molecular weight excluding hydrogens is 372 g/mol. The quantitative estimate of drug-likeness (QED) is 0.710. The van der Waals surface area contributed by atoms with Gasteiger partial charge in [-0.2, -0.15) is 4.52 Å². The monoisotopic (exact) mass is 394 g/mol. The van der Waals surface area contributed by atoms with E-state index in [1.54, 1.807) is 22.7 Å². The third kappa shape index (κ3) is 3.67. The molecule has 150 valence electrons. The second-order valence-corrected chi connectivity index (χ2v) is 7.24. The Morgan fingerprint density at radius 3 is 2.79 bits per heavy atom. The summed E-state index contributed by atoms with van der Waals surface area (Å²) in [4.78, 5) is 14.7. The maximum absolute atomic E-state index is 12.4. The first kappa shape index (κ1) is 17.7. The molecule has 0 unspecified atom stereocenters. The lowest BCUT2D eigenvalue weighted by molar-refractivity contribution is -0.116. The fourth-order valence-corrected chi connectivity index (χ4v) is 3.69. The molecule has 9 nitrogen and oxygen atoms in total. The number of nitrogens with zero attached hydrogens (tertiary/aromatic N) is 5. The van der Waals surface area contributed by atoms with Gasteiger partial charge in [-0.15, -0.1) is 15.3 Å². The van der Waals surface area contributed by atoms with Crippen molar-refractivity contribution >= 4 is 23.1 Å². The van der Waals surface area contributed by atoms with Crippen LogP contribution >= 0.6 is 0 Å². The zero-order chi connectivity index (χ0) is 19.6. The molecule has 9 heteroatoms. The van der Waals surface area contributed by atoms with Gasteiger partial charge in [-0.05, 0) is 43.5 Å². The van der Waals surface area contributed by atoms with E-state index in [9.17, 15) is 4.79 Å². The molecule has 0 aliphatic carbocycles. The van der Waals surface area contributed by atoms with E-state index < -0.39 is 0 Å². The summed E-state index contributed by atoms with van der Waals surface area (Å²) in [6.07, 6.45) is 4.39. The van der Waals surface area contributed by atoms with Gasteiger partial charge in [0.2, 0.25) is 12.7 Å². The number of fused-ring (bicyclic) bond motifs is 2. The van der Waals surface area contributed by atoms with Crippen molar-refractivity contribution in [3.8, 4) is 11.5 Å². The van der Waals surface area contributed by atoms with Crippen LogP contribution in [0, 0.1) is 0 Å². The summed E-state index contributed by atoms with van der Waals surface area (Å²) in [6, 6.07) is 9.27. The molecule has 2 aliphatic rings. The van der Waals surface area contributed by atoms with Crippen LogP contribution in [-0.2, 0) is 11.2 Å². The van der Waals surface area contributed by atoms with Crippen LogP contribution in [0.4, 0.5) is 11.5 Å². The molecule has 1 aromatic carbocycles. The number of aromatic nitrogens is 4. The van der Waals surface area contributed by atoms with E-state index in [-0.39, 0.29) is 19.1 Å². The maximum Gasteiger partial charge on any atom is 0.231 e. The van der Waals surface area contributed by atoms with Gasteiger partial charge in [0.15, 0.2) is 23.0 Å². The van der Waals surface area contributed by atoms with E-state index >= 15 is 0 Å². The number of amides is 1. The minimum atomic E-state index is -0.104. The number of anilines is 2. The Morgan fingerprint density at radius 2 is 1.90 bits per heavy atom. The third-order valence-electron chi connectivity index (χ3n) is 5.23. The van der Waals surface area contributed by atoms with Gasteiger partial charge in [0.25, 0.3) is 0 Å². The number of carbonyl (C=O) groups excluding carboxylic acids is 1. The highest BCUT2D eigenvalue weighted by molar-refractivity contribution is 5.91. The summed E-state index contributed by atoms with van der Waals surface area (Å²) in [7, 11) is 0. The van der Waals surface area contributed by atoms with Crippen molar-refractivity contribution in [2.24, 2.45) is 0 Å². The molecular formula is C20H22N6O3. The first-order valence-corrected chi connectivity index (χ1v) is 9.92. The Morgan fingerprint density at radius 1 is 1.03 bits per heavy atom. The number of piperidine rings is 1. The summed E-state index contributed by atoms with van der Waals surface area (Å²) >= 11 is 0. The van der Waals surface area contributed by atoms with E-state index in [1.165, 1.54) is 19.3 Å². The summed E-state index contributed by atoms with van der Waals surface area (Å²) in [5.41, 5.74) is 1.37. The molecule has 0 atom stereocenters. The van der Waals surface area contributed by atoms with Crippen molar-refractivity contribution < 1.29 is 14.3 Å². The number of carbonyl (C=O) groups is 1. The van der Waals surface area contributed by atoms with Crippen LogP contribution in [0.25, 0.3) is 5.65 Å². The topological polar surface area (TPSA) is 93.9 Å². The molecule has 3 aromatic rings. The molecule has 2 aromatic heterocycles. The lowest BCUT2D eigenvalue weighted by Gasteiger charge is -2.27. The third-order valence-corrected chi connectivity index (χ3v) is 5.23. The maximum atomic E-state index is 12.4. The standard InChI is InChI=1S/C20H22N6O3/c27-20(21-14-4-5-15-16(12-14)29-13-28-15)9-8-18-23-22-17-6-7-19(24-26(17)18)25-10-2-1-3-11-25/h4-7,12H,1-3,8-11,13H2,(H,21,27). The van der Waals surface area contributed by atoms with Gasteiger partial charge < -0.3 is 19.7 Å². The van der Waals surface area contributed by atoms with E-state index in [2.05, 4.69) is 20.4 Å². The van der Waals surface area contributed by atoms with E-state index in [0.29, 0.717) is 35.1 Å². The van der Waals surface area contributed by atoms with Gasteiger partial charge in [-0.1, -0.05) is 0 Å². The second kappa shape index (κ2) is 7.57. The van der Waals surface area contributed by atoms with Crippen molar-refractivity contribution in [2.75, 3.05) is 30.1 Å². The zero-order valence-corrected chi connectivity index (χ0v) is 16.0. The smallest absolute Gasteiger partial charge is 0.231 e. The fourth-order valence-electron chi connectivity index (χ4n) is 3.69. The first-order valence-electron chi connectivity index (χ1n) is 9.92. The van der Waals surface area contributed by atoms with Crippen LogP contribution in [-0.4, -0.2) is 45.6 Å². The molecule has 2 aliphatic heterocycles. The lowest BCUT2D eigenvalue weighted by atomic mass is 10.1. The van der Waals surface area contributed by atoms with Crippen LogP contribution < -0.4 is 19.7 Å². The number of hydrogen-bond donors (Lipinski definition) is 1. The molecule has 1 fully saturated rings. The predicted molar refractivity (Wildman–Crippen MR) is 106 cm³/mol. The summed E-state index contributed by atoms with van der Waals surface area (Å²) in [5.74, 6) is 2.84. The lowest BCUT2D eigenvalue weighted by Crippen LogP contribution is -2.30. The van der Waals surface area contributed by atoms with Crippen LogP contribution in [0.15, 0.2) is 30.3 Å². The highest BCUT2D eigenvalue weighted by Gasteiger charge is 2.17. The number of hydrogen-bond acceptors (Lipinski definition) is 7. The Labute approximate surface area is 167 Å². The minimum Gasteiger partial charge on any atom is -0.454 e. The van der Waals surface area contributed by atoms with E-state index in [1.807, 2.05) is 12.1 Å². The molecule has 29 heavy (non-hydrogen) atoms. The molecule has 1 saturated heterocycles. The van der Waals surface area contributed by atoms with Crippen LogP contribution in [0.5, 0.6) is 11.5 Å². The zero-order valence-electron chi connectivity index (χ0n) is 16.0. The van der Waals surface area contributed by atoms with Gasteiger partial charge in [0, 0.05) is 37.7 Å². The van der Waals surface area contributed by atoms with Gasteiger partial charge in [0.1, 0.15) is 5.82 Å². The number of nitrogens with one attached hydrogen (secondary N) is 1. The molecule has 0 spiro atoms. The van der Waals surface area contributed by atoms with Crippen LogP contribution in [0.2, 0.25) is 0 Å². The largest absolute Gasteiger partial charge is 0.454 e. The number of rotatable bonds is 5. The predicted octanol–water partition coefficient (Wildman–Crippen LogP) is 2.41. The molecule has 0 radical (unpaired) electrons. The first-order chi connectivity index (χ1) is 14.3. The van der Waals surface area contributed by atoms with Gasteiger partial charge in [-0.25, -0.2) is 0 Å². The molecule has 0 saturated carbocycles. The number of benzene rings is 1. The Balaban J connectivity index is 1.25. The number of ether oxygens (including phenoxy) is 2. The molecule has 1 N–H and O–H groups in total. The average Bonchev–Trinajstić information content (AvgIpc) is 3.39. The van der Waals surface area contributed by atoms with Crippen molar-refractivity contribution in [1.29, 1.82) is 0 Å². The summed E-state index contributed by atoms with van der Waals surface area (Å²) in [5, 5.41) is 16.0. The van der Waals surface area contributed by atoms with Crippen molar-refractivity contribution in [1.82, 2.24) is 19.8 Å². The minimum absolute atomic E-state index is 0.104. The second-order valence-electron chi connectivity index (χ2n) is 7.24. The van der Waals surface area contributed by atoms with Crippen molar-refractivity contribution in [3.05, 3.63) is 36.2 Å². The SMILES string of the molecule is O=C(CCc1nnc2ccc(N3CCCCC3)nn12)Nc1ccc2c(c1)OCO2. The van der Waals surface area contributed by atoms with Gasteiger partial charge >= 0.3 is 0 Å². The normalized spacial score (nSPS) is 15.7.